The molecule has 0 aliphatic carbocycles. The molecule has 3 nitrogen and oxygen atoms in total. The first kappa shape index (κ1) is 29.3. The van der Waals surface area contributed by atoms with Gasteiger partial charge in [0.15, 0.2) is 0 Å². The average Bonchev–Trinajstić information content (AvgIpc) is 1.81. The monoisotopic (exact) mass is 256 g/mol. The van der Waals surface area contributed by atoms with Gasteiger partial charge in [0, 0.05) is 39.3 Å². The van der Waals surface area contributed by atoms with E-state index in [0.29, 0.717) is 19.8 Å². The van der Waals surface area contributed by atoms with Gasteiger partial charge in [0.2, 0.25) is 0 Å². The minimum absolute atomic E-state index is 0. The van der Waals surface area contributed by atoms with Crippen molar-refractivity contribution in [3.63, 3.8) is 0 Å². The van der Waals surface area contributed by atoms with Crippen LogP contribution in [0, 0.1) is 0 Å². The van der Waals surface area contributed by atoms with Crippen LogP contribution in [0.25, 0.3) is 0 Å². The molecule has 0 bridgehead atoms. The van der Waals surface area contributed by atoms with Crippen molar-refractivity contribution in [3.8, 4) is 0 Å². The van der Waals surface area contributed by atoms with Crippen LogP contribution >= 0.6 is 0 Å². The van der Waals surface area contributed by atoms with E-state index in [0.717, 1.165) is 6.42 Å². The number of hydrogen-bond acceptors (Lipinski definition) is 3. The first-order valence-corrected chi connectivity index (χ1v) is 2.80. The SMILES string of the molecule is C.C.C.NCCCOCCO.[Y]. The maximum Gasteiger partial charge on any atom is 0.0697 e. The van der Waals surface area contributed by atoms with Crippen LogP contribution in [-0.4, -0.2) is 31.5 Å². The Bertz CT molecular complexity index is 42.0. The fraction of sp³-hybridized carbons (Fsp3) is 1.00. The summed E-state index contributed by atoms with van der Waals surface area (Å²) in [6.07, 6.45) is 0.875. The summed E-state index contributed by atoms with van der Waals surface area (Å²) < 4.78 is 4.89. The zero-order chi connectivity index (χ0) is 6.24. The van der Waals surface area contributed by atoms with Gasteiger partial charge in [0.05, 0.1) is 13.2 Å². The Morgan fingerprint density at radius 3 is 1.92 bits per heavy atom. The molecule has 0 unspecified atom stereocenters. The van der Waals surface area contributed by atoms with Gasteiger partial charge in [-0.15, -0.1) is 0 Å². The van der Waals surface area contributed by atoms with E-state index >= 15 is 0 Å². The van der Waals surface area contributed by atoms with Crippen molar-refractivity contribution in [2.45, 2.75) is 28.7 Å². The maximum absolute atomic E-state index is 8.21. The van der Waals surface area contributed by atoms with Gasteiger partial charge >= 0.3 is 0 Å². The third-order valence-corrected chi connectivity index (χ3v) is 0.728. The number of ether oxygens (including phenoxy) is 1. The van der Waals surface area contributed by atoms with Gasteiger partial charge < -0.3 is 15.6 Å². The van der Waals surface area contributed by atoms with E-state index < -0.39 is 0 Å². The van der Waals surface area contributed by atoms with E-state index in [-0.39, 0.29) is 61.6 Å². The van der Waals surface area contributed by atoms with Gasteiger partial charge in [0.25, 0.3) is 0 Å². The summed E-state index contributed by atoms with van der Waals surface area (Å²) in [5.41, 5.74) is 5.17. The van der Waals surface area contributed by atoms with E-state index in [1.54, 1.807) is 0 Å². The van der Waals surface area contributed by atoms with Gasteiger partial charge in [-0.05, 0) is 13.0 Å². The van der Waals surface area contributed by atoms with Gasteiger partial charge in [0.1, 0.15) is 0 Å². The summed E-state index contributed by atoms with van der Waals surface area (Å²) in [5.74, 6) is 0. The molecular formula is C8H25NO2Y. The summed E-state index contributed by atoms with van der Waals surface area (Å²) in [7, 11) is 0. The summed E-state index contributed by atoms with van der Waals surface area (Å²) in [5, 5.41) is 8.21. The molecule has 77 valence electrons. The summed E-state index contributed by atoms with van der Waals surface area (Å²) in [6, 6.07) is 0. The van der Waals surface area contributed by atoms with Crippen molar-refractivity contribution in [3.05, 3.63) is 0 Å². The van der Waals surface area contributed by atoms with Gasteiger partial charge in [-0.1, -0.05) is 22.3 Å². The van der Waals surface area contributed by atoms with Crippen LogP contribution in [0.5, 0.6) is 0 Å². The second-order valence-corrected chi connectivity index (χ2v) is 1.48. The number of nitrogens with two attached hydrogens (primary N) is 1. The van der Waals surface area contributed by atoms with Gasteiger partial charge in [-0.25, -0.2) is 0 Å². The molecule has 0 aromatic carbocycles. The molecule has 0 heterocycles. The Kier molecular flexibility index (Phi) is 72.3. The molecule has 12 heavy (non-hydrogen) atoms. The standard InChI is InChI=1S/C5H13NO2.3CH4.Y/c6-2-1-4-8-5-3-7;;;;/h7H,1-6H2;3*1H4;. The molecule has 0 aliphatic rings. The molecule has 0 aliphatic heterocycles. The van der Waals surface area contributed by atoms with Crippen molar-refractivity contribution in [2.24, 2.45) is 5.73 Å². The second-order valence-electron chi connectivity index (χ2n) is 1.48. The average molecular weight is 256 g/mol. The Balaban J connectivity index is -0.0000000408. The molecule has 0 saturated heterocycles. The van der Waals surface area contributed by atoms with Crippen molar-refractivity contribution in [1.29, 1.82) is 0 Å². The first-order valence-electron chi connectivity index (χ1n) is 2.80. The molecule has 3 N–H and O–H groups in total. The molecule has 0 fully saturated rings. The van der Waals surface area contributed by atoms with E-state index in [1.165, 1.54) is 0 Å². The van der Waals surface area contributed by atoms with E-state index in [2.05, 4.69) is 0 Å². The zero-order valence-corrected chi connectivity index (χ0v) is 8.38. The minimum Gasteiger partial charge on any atom is -0.394 e. The smallest absolute Gasteiger partial charge is 0.0697 e. The summed E-state index contributed by atoms with van der Waals surface area (Å²) >= 11 is 0. The van der Waals surface area contributed by atoms with Crippen LogP contribution in [0.2, 0.25) is 0 Å². The molecule has 1 radical (unpaired) electrons. The molecule has 0 amide bonds. The molecular weight excluding hydrogens is 231 g/mol. The maximum atomic E-state index is 8.21. The molecule has 0 rings (SSSR count). The van der Waals surface area contributed by atoms with Crippen molar-refractivity contribution in [2.75, 3.05) is 26.4 Å². The summed E-state index contributed by atoms with van der Waals surface area (Å²) in [4.78, 5) is 0. The van der Waals surface area contributed by atoms with Gasteiger partial charge in [-0.3, -0.25) is 0 Å². The molecule has 0 atom stereocenters. The predicted octanol–water partition coefficient (Wildman–Crippen LogP) is 1.25. The minimum atomic E-state index is 0. The van der Waals surface area contributed by atoms with Crippen molar-refractivity contribution >= 4 is 0 Å². The van der Waals surface area contributed by atoms with Crippen molar-refractivity contribution < 1.29 is 42.6 Å². The van der Waals surface area contributed by atoms with Crippen LogP contribution in [0.3, 0.4) is 0 Å². The quantitative estimate of drug-likeness (QED) is 0.728. The summed E-state index contributed by atoms with van der Waals surface area (Å²) in [6.45, 7) is 1.85. The number of rotatable bonds is 5. The predicted molar refractivity (Wildman–Crippen MR) is 51.8 cm³/mol. The van der Waals surface area contributed by atoms with Crippen LogP contribution in [0.1, 0.15) is 28.7 Å². The van der Waals surface area contributed by atoms with Gasteiger partial charge in [-0.2, -0.15) is 0 Å². The largest absolute Gasteiger partial charge is 0.394 e. The third-order valence-electron chi connectivity index (χ3n) is 0.728. The Morgan fingerprint density at radius 1 is 1.08 bits per heavy atom. The fourth-order valence-electron chi connectivity index (χ4n) is 0.352. The number of aliphatic hydroxyl groups is 1. The van der Waals surface area contributed by atoms with Crippen LogP contribution in [0.15, 0.2) is 0 Å². The fourth-order valence-corrected chi connectivity index (χ4v) is 0.352. The zero-order valence-electron chi connectivity index (χ0n) is 5.55. The van der Waals surface area contributed by atoms with Crippen molar-refractivity contribution in [1.82, 2.24) is 0 Å². The first-order chi connectivity index (χ1) is 3.91. The normalized spacial score (nSPS) is 6.50. The number of hydrogen-bond donors (Lipinski definition) is 2. The molecule has 0 spiro atoms. The topological polar surface area (TPSA) is 55.5 Å². The van der Waals surface area contributed by atoms with E-state index in [1.807, 2.05) is 0 Å². The molecule has 0 aromatic heterocycles. The van der Waals surface area contributed by atoms with Crippen LogP contribution in [-0.2, 0) is 37.4 Å². The second kappa shape index (κ2) is 29.6. The molecule has 0 saturated carbocycles. The molecule has 4 heteroatoms. The van der Waals surface area contributed by atoms with Crippen LogP contribution < -0.4 is 5.73 Å². The Morgan fingerprint density at radius 2 is 1.58 bits per heavy atom. The Hall–Kier alpha value is 0.984. The van der Waals surface area contributed by atoms with E-state index in [4.69, 9.17) is 15.6 Å². The number of aliphatic hydroxyl groups excluding tert-OH is 1. The third kappa shape index (κ3) is 30.6. The van der Waals surface area contributed by atoms with Crippen LogP contribution in [0.4, 0.5) is 0 Å². The molecule has 0 aromatic rings. The Labute approximate surface area is 103 Å². The van der Waals surface area contributed by atoms with E-state index in [9.17, 15) is 0 Å².